The molecular formula is C42H55ClN6O9S. The zero-order valence-corrected chi connectivity index (χ0v) is 36.2. The van der Waals surface area contributed by atoms with Crippen LogP contribution in [0.3, 0.4) is 0 Å². The molecular weight excluding hydrogens is 800 g/mol. The number of fused-ring (bicyclic) bond motifs is 2. The van der Waals surface area contributed by atoms with E-state index in [1.807, 2.05) is 46.9 Å². The van der Waals surface area contributed by atoms with Crippen molar-refractivity contribution in [2.45, 2.75) is 116 Å². The zero-order valence-electron chi connectivity index (χ0n) is 34.6. The van der Waals surface area contributed by atoms with Gasteiger partial charge in [-0.15, -0.1) is 11.3 Å². The van der Waals surface area contributed by atoms with Crippen LogP contribution in [0.25, 0.3) is 22.3 Å². The highest BCUT2D eigenvalue weighted by molar-refractivity contribution is 7.14. The number of carbonyl (C=O) groups is 4. The van der Waals surface area contributed by atoms with E-state index < -0.39 is 53.0 Å². The second-order valence-electron chi connectivity index (χ2n) is 17.7. The first-order valence-electron chi connectivity index (χ1n) is 20.5. The maximum absolute atomic E-state index is 14.7. The summed E-state index contributed by atoms with van der Waals surface area (Å²) in [5.74, 6) is -0.462. The number of nitrogens with one attached hydrogen (secondary N) is 3. The fourth-order valence-corrected chi connectivity index (χ4v) is 9.62. The molecule has 3 aliphatic carbocycles. The van der Waals surface area contributed by atoms with Gasteiger partial charge in [0.2, 0.25) is 11.8 Å². The standard InChI is InChI=1S/C42H55ClN6O9S/c1-8-24-18-42(24,38(52)53)48-36(50)30-16-26(19-49(30)37(51)35(41(4,5)6)47-40(54)58-25-14-22-13-23(22)15-25)57-32-17-28(29-20-59-39(46-29)44-21(2)3)45-34-27(32)9-10-31(33(34)43)56-12-11-55-7/h9-10,17,20-26,30,35H,8,11-16,18-19H2,1-7H3,(H,44,46)(H,47,54)(H,48,50)(H,52,53)/t22-,23+,24-,25?,26?,30+,35-,42-/m1/s1. The number of hydrogen-bond donors (Lipinski definition) is 4. The molecule has 0 radical (unpaired) electrons. The number of pyridine rings is 1. The van der Waals surface area contributed by atoms with Crippen LogP contribution in [0.15, 0.2) is 23.6 Å². The number of carbonyl (C=O) groups excluding carboxylic acids is 3. The lowest BCUT2D eigenvalue weighted by molar-refractivity contribution is -0.146. The molecule has 1 aliphatic heterocycles. The lowest BCUT2D eigenvalue weighted by atomic mass is 9.85. The summed E-state index contributed by atoms with van der Waals surface area (Å²) in [7, 11) is 1.58. The number of benzene rings is 1. The maximum Gasteiger partial charge on any atom is 0.408 e. The van der Waals surface area contributed by atoms with Crippen molar-refractivity contribution < 1.29 is 43.2 Å². The van der Waals surface area contributed by atoms with Gasteiger partial charge in [-0.2, -0.15) is 0 Å². The summed E-state index contributed by atoms with van der Waals surface area (Å²) in [6.07, 6.45) is 2.10. The molecule has 320 valence electrons. The minimum atomic E-state index is -1.42. The number of ether oxygens (including phenoxy) is 4. The third-order valence-corrected chi connectivity index (χ3v) is 13.0. The van der Waals surface area contributed by atoms with Crippen LogP contribution in [-0.4, -0.2) is 107 Å². The molecule has 17 heteroatoms. The molecule has 3 aromatic rings. The van der Waals surface area contributed by atoms with Gasteiger partial charge in [-0.25, -0.2) is 19.6 Å². The van der Waals surface area contributed by atoms with Crippen LogP contribution in [0.1, 0.15) is 80.1 Å². The van der Waals surface area contributed by atoms with E-state index in [1.54, 1.807) is 25.3 Å². The van der Waals surface area contributed by atoms with Crippen molar-refractivity contribution in [2.75, 3.05) is 32.2 Å². The van der Waals surface area contributed by atoms with Gasteiger partial charge in [0.1, 0.15) is 58.7 Å². The van der Waals surface area contributed by atoms with Crippen LogP contribution in [0, 0.1) is 23.2 Å². The molecule has 4 aliphatic rings. The topological polar surface area (TPSA) is 191 Å². The van der Waals surface area contributed by atoms with Gasteiger partial charge in [-0.3, -0.25) is 9.59 Å². The number of aromatic nitrogens is 2. The Bertz CT molecular complexity index is 2080. The van der Waals surface area contributed by atoms with E-state index in [2.05, 4.69) is 16.0 Å². The van der Waals surface area contributed by atoms with Gasteiger partial charge in [-0.1, -0.05) is 45.7 Å². The smallest absolute Gasteiger partial charge is 0.408 e. The first kappa shape index (κ1) is 42.7. The number of aliphatic carboxylic acids is 1. The number of likely N-dealkylation sites (tertiary alicyclic amines) is 1. The number of halogens is 1. The molecule has 2 aromatic heterocycles. The third kappa shape index (κ3) is 9.19. The molecule has 2 unspecified atom stereocenters. The molecule has 1 aromatic carbocycles. The van der Waals surface area contributed by atoms with Crippen molar-refractivity contribution in [3.63, 3.8) is 0 Å². The van der Waals surface area contributed by atoms with Gasteiger partial charge in [-0.05, 0) is 74.8 Å². The van der Waals surface area contributed by atoms with Gasteiger partial charge >= 0.3 is 12.1 Å². The predicted octanol–water partition coefficient (Wildman–Crippen LogP) is 6.51. The van der Waals surface area contributed by atoms with Crippen LogP contribution < -0.4 is 25.4 Å². The quantitative estimate of drug-likeness (QED) is 0.114. The van der Waals surface area contributed by atoms with Gasteiger partial charge in [0.25, 0.3) is 0 Å². The fourth-order valence-electron chi connectivity index (χ4n) is 8.51. The zero-order chi connectivity index (χ0) is 42.4. The Balaban J connectivity index is 1.21. The maximum atomic E-state index is 14.7. The third-order valence-electron chi connectivity index (χ3n) is 11.9. The first-order chi connectivity index (χ1) is 28.0. The first-order valence-corrected chi connectivity index (χ1v) is 21.7. The van der Waals surface area contributed by atoms with E-state index in [0.717, 1.165) is 12.8 Å². The summed E-state index contributed by atoms with van der Waals surface area (Å²) >= 11 is 8.39. The Morgan fingerprint density at radius 2 is 1.78 bits per heavy atom. The number of carboxylic acid groups (broad SMARTS) is 1. The highest BCUT2D eigenvalue weighted by Crippen LogP contribution is 2.52. The monoisotopic (exact) mass is 854 g/mol. The normalized spacial score (nSPS) is 26.3. The number of amides is 3. The molecule has 1 saturated heterocycles. The predicted molar refractivity (Wildman–Crippen MR) is 223 cm³/mol. The molecule has 3 saturated carbocycles. The number of thiazole rings is 1. The van der Waals surface area contributed by atoms with E-state index >= 15 is 0 Å². The average Bonchev–Trinajstić information content (AvgIpc) is 3.84. The van der Waals surface area contributed by atoms with E-state index in [4.69, 9.17) is 40.5 Å². The second-order valence-corrected chi connectivity index (χ2v) is 18.9. The largest absolute Gasteiger partial charge is 0.490 e. The van der Waals surface area contributed by atoms with Crippen LogP contribution in [0.5, 0.6) is 11.5 Å². The van der Waals surface area contributed by atoms with Gasteiger partial charge in [0.15, 0.2) is 5.13 Å². The number of alkyl carbamates (subject to hydrolysis) is 1. The number of rotatable bonds is 16. The summed E-state index contributed by atoms with van der Waals surface area (Å²) in [6.45, 7) is 12.0. The van der Waals surface area contributed by atoms with E-state index in [-0.39, 0.29) is 42.7 Å². The van der Waals surface area contributed by atoms with Crippen molar-refractivity contribution in [3.8, 4) is 22.9 Å². The molecule has 0 spiro atoms. The summed E-state index contributed by atoms with van der Waals surface area (Å²) in [4.78, 5) is 65.8. The molecule has 3 amide bonds. The minimum Gasteiger partial charge on any atom is -0.490 e. The van der Waals surface area contributed by atoms with E-state index in [9.17, 15) is 24.3 Å². The number of nitrogens with zero attached hydrogens (tertiary/aromatic N) is 3. The number of carboxylic acids is 1. The summed E-state index contributed by atoms with van der Waals surface area (Å²) in [5, 5.41) is 22.6. The van der Waals surface area contributed by atoms with Crippen LogP contribution in [0.4, 0.5) is 9.93 Å². The Labute approximate surface area is 353 Å². The highest BCUT2D eigenvalue weighted by atomic mass is 35.5. The molecule has 4 fully saturated rings. The number of anilines is 1. The molecule has 4 N–H and O–H groups in total. The van der Waals surface area contributed by atoms with Crippen LogP contribution in [0.2, 0.25) is 5.02 Å². The van der Waals surface area contributed by atoms with Crippen LogP contribution in [-0.2, 0) is 23.9 Å². The molecule has 8 atom stereocenters. The lowest BCUT2D eigenvalue weighted by Crippen LogP contribution is -2.59. The fraction of sp³-hybridized carbons (Fsp3) is 0.619. The van der Waals surface area contributed by atoms with E-state index in [1.165, 1.54) is 22.7 Å². The summed E-state index contributed by atoms with van der Waals surface area (Å²) in [6, 6.07) is 3.26. The Kier molecular flexibility index (Phi) is 12.2. The second kappa shape index (κ2) is 16.9. The Hall–Kier alpha value is -4.41. The summed E-state index contributed by atoms with van der Waals surface area (Å²) < 4.78 is 23.6. The molecule has 3 heterocycles. The van der Waals surface area contributed by atoms with E-state index in [0.29, 0.717) is 70.2 Å². The van der Waals surface area contributed by atoms with Gasteiger partial charge < -0.3 is 44.9 Å². The van der Waals surface area contributed by atoms with Crippen molar-refractivity contribution in [1.82, 2.24) is 25.5 Å². The van der Waals surface area contributed by atoms with Gasteiger partial charge in [0.05, 0.1) is 24.4 Å². The molecule has 7 rings (SSSR count). The number of hydrogen-bond acceptors (Lipinski definition) is 12. The van der Waals surface area contributed by atoms with Crippen molar-refractivity contribution in [2.24, 2.45) is 23.2 Å². The average molecular weight is 855 g/mol. The molecule has 15 nitrogen and oxygen atoms in total. The molecule has 59 heavy (non-hydrogen) atoms. The Morgan fingerprint density at radius 1 is 1.03 bits per heavy atom. The van der Waals surface area contributed by atoms with Crippen LogP contribution >= 0.6 is 22.9 Å². The van der Waals surface area contributed by atoms with Gasteiger partial charge in [0, 0.05) is 36.4 Å². The lowest BCUT2D eigenvalue weighted by Gasteiger charge is -2.35. The SMILES string of the molecule is CC[C@@H]1C[C@]1(NC(=O)[C@@H]1CC(Oc2cc(-c3csc(NC(C)C)n3)nc3c(Cl)c(OCCOC)ccc23)CN1C(=O)[C@@H](NC(=O)OC1C[C@@H]2C[C@@H]2C1)C(C)(C)C)C(=O)O. The van der Waals surface area contributed by atoms with Crippen molar-refractivity contribution in [1.29, 1.82) is 0 Å². The minimum absolute atomic E-state index is 0.0340. The Morgan fingerprint density at radius 3 is 2.42 bits per heavy atom. The van der Waals surface area contributed by atoms with Crippen molar-refractivity contribution >= 4 is 62.8 Å². The van der Waals surface area contributed by atoms with Crippen molar-refractivity contribution in [3.05, 3.63) is 28.6 Å². The highest BCUT2D eigenvalue weighted by Gasteiger charge is 2.61. The number of methoxy groups -OCH3 is 1. The summed E-state index contributed by atoms with van der Waals surface area (Å²) in [5.41, 5.74) is -0.735. The molecule has 0 bridgehead atoms.